The van der Waals surface area contributed by atoms with Crippen LogP contribution in [0.1, 0.15) is 17.5 Å². The van der Waals surface area contributed by atoms with Crippen LogP contribution in [0, 0.1) is 24.1 Å². The van der Waals surface area contributed by atoms with Gasteiger partial charge < -0.3 is 10.1 Å². The third-order valence-electron chi connectivity index (χ3n) is 5.31. The maximum absolute atomic E-state index is 14.2. The largest absolute Gasteiger partial charge is 0.435 e. The highest BCUT2D eigenvalue weighted by molar-refractivity contribution is 7.91. The minimum absolute atomic E-state index is 0.0561. The summed E-state index contributed by atoms with van der Waals surface area (Å²) in [5.74, 6) is -2.28. The number of benzene rings is 1. The summed E-state index contributed by atoms with van der Waals surface area (Å²) in [5.41, 5.74) is -0.417. The number of amides is 1. The molecule has 1 saturated heterocycles. The molecule has 0 saturated carbocycles. The van der Waals surface area contributed by atoms with Crippen LogP contribution in [-0.4, -0.2) is 41.3 Å². The van der Waals surface area contributed by atoms with E-state index in [0.717, 1.165) is 6.08 Å². The molecule has 174 valence electrons. The van der Waals surface area contributed by atoms with Crippen LogP contribution in [0.25, 0.3) is 11.7 Å². The molecule has 0 bridgehead atoms. The molecule has 3 heterocycles. The minimum atomic E-state index is -3.25. The molecule has 1 atom stereocenters. The summed E-state index contributed by atoms with van der Waals surface area (Å²) in [7, 11) is -3.25. The molecule has 4 rings (SSSR count). The minimum Gasteiger partial charge on any atom is -0.435 e. The number of rotatable bonds is 5. The van der Waals surface area contributed by atoms with Gasteiger partial charge in [0, 0.05) is 12.2 Å². The molecule has 1 aliphatic heterocycles. The monoisotopic (exact) mass is 482 g/mol. The second-order valence-electron chi connectivity index (χ2n) is 7.80. The van der Waals surface area contributed by atoms with Crippen molar-refractivity contribution < 1.29 is 22.3 Å². The number of para-hydroxylation sites is 1. The van der Waals surface area contributed by atoms with Crippen molar-refractivity contribution in [3.05, 3.63) is 75.5 Å². The highest BCUT2D eigenvalue weighted by Crippen LogP contribution is 2.26. The number of hydrogen-bond acceptors (Lipinski definition) is 7. The maximum Gasteiger partial charge on any atom is 0.269 e. The first-order valence-electron chi connectivity index (χ1n) is 10.3. The van der Waals surface area contributed by atoms with Gasteiger partial charge in [-0.1, -0.05) is 18.2 Å². The van der Waals surface area contributed by atoms with Crippen molar-refractivity contribution in [2.24, 2.45) is 0 Å². The van der Waals surface area contributed by atoms with E-state index >= 15 is 0 Å². The molecule has 3 aromatic rings. The maximum atomic E-state index is 14.2. The number of fused-ring (bicyclic) bond motifs is 1. The van der Waals surface area contributed by atoms with Crippen molar-refractivity contribution >= 4 is 27.5 Å². The van der Waals surface area contributed by atoms with Crippen molar-refractivity contribution in [2.75, 3.05) is 11.5 Å². The Morgan fingerprint density at radius 2 is 2.09 bits per heavy atom. The van der Waals surface area contributed by atoms with E-state index in [2.05, 4.69) is 10.3 Å². The van der Waals surface area contributed by atoms with E-state index in [4.69, 9.17) is 4.74 Å². The standard InChI is InChI=1S/C23H19FN4O5S/c1-14-5-4-9-28-20(14)27-22(33-19-7-3-2-6-18(19)24)17(23(28)30)11-15(12-25)21(29)26-16-8-10-34(31,32)13-16/h2-7,9,11,16H,8,10,13H2,1H3,(H,26,29). The summed E-state index contributed by atoms with van der Waals surface area (Å²) in [6.45, 7) is 1.73. The summed E-state index contributed by atoms with van der Waals surface area (Å²) in [5, 5.41) is 12.1. The van der Waals surface area contributed by atoms with Crippen LogP contribution in [0.5, 0.6) is 11.6 Å². The predicted octanol–water partition coefficient (Wildman–Crippen LogP) is 2.14. The van der Waals surface area contributed by atoms with Crippen LogP contribution in [0.2, 0.25) is 0 Å². The van der Waals surface area contributed by atoms with Gasteiger partial charge in [-0.25, -0.2) is 12.8 Å². The fourth-order valence-corrected chi connectivity index (χ4v) is 5.26. The molecule has 9 nitrogen and oxygen atoms in total. The van der Waals surface area contributed by atoms with Crippen molar-refractivity contribution in [3.63, 3.8) is 0 Å². The number of carbonyl (C=O) groups excluding carboxylic acids is 1. The molecule has 34 heavy (non-hydrogen) atoms. The summed E-state index contributed by atoms with van der Waals surface area (Å²) < 4.78 is 44.4. The third kappa shape index (κ3) is 4.67. The number of nitrogens with one attached hydrogen (secondary N) is 1. The third-order valence-corrected chi connectivity index (χ3v) is 7.08. The number of sulfone groups is 1. The topological polar surface area (TPSA) is 131 Å². The molecule has 1 fully saturated rings. The van der Waals surface area contributed by atoms with Crippen molar-refractivity contribution in [3.8, 4) is 17.7 Å². The zero-order valence-electron chi connectivity index (χ0n) is 18.0. The highest BCUT2D eigenvalue weighted by atomic mass is 32.2. The van der Waals surface area contributed by atoms with Gasteiger partial charge in [-0.2, -0.15) is 10.2 Å². The molecule has 1 aliphatic rings. The van der Waals surface area contributed by atoms with E-state index in [1.165, 1.54) is 34.9 Å². The number of nitriles is 1. The van der Waals surface area contributed by atoms with Crippen molar-refractivity contribution in [1.82, 2.24) is 14.7 Å². The molecule has 1 amide bonds. The van der Waals surface area contributed by atoms with Crippen LogP contribution in [-0.2, 0) is 14.6 Å². The van der Waals surface area contributed by atoms with E-state index in [9.17, 15) is 27.7 Å². The highest BCUT2D eigenvalue weighted by Gasteiger charge is 2.30. The van der Waals surface area contributed by atoms with Gasteiger partial charge in [0.15, 0.2) is 21.4 Å². The van der Waals surface area contributed by atoms with Crippen LogP contribution >= 0.6 is 0 Å². The Balaban J connectivity index is 1.81. The lowest BCUT2D eigenvalue weighted by molar-refractivity contribution is -0.117. The predicted molar refractivity (Wildman–Crippen MR) is 121 cm³/mol. The van der Waals surface area contributed by atoms with Gasteiger partial charge in [-0.15, -0.1) is 0 Å². The first kappa shape index (κ1) is 23.1. The molecule has 1 N–H and O–H groups in total. The van der Waals surface area contributed by atoms with Gasteiger partial charge >= 0.3 is 0 Å². The molecule has 0 radical (unpaired) electrons. The lowest BCUT2D eigenvalue weighted by atomic mass is 10.1. The Morgan fingerprint density at radius 1 is 1.32 bits per heavy atom. The average Bonchev–Trinajstić information content (AvgIpc) is 3.13. The molecule has 0 spiro atoms. The van der Waals surface area contributed by atoms with E-state index in [0.29, 0.717) is 5.56 Å². The van der Waals surface area contributed by atoms with Gasteiger partial charge in [0.1, 0.15) is 22.9 Å². The SMILES string of the molecule is Cc1cccn2c(=O)c(C=C(C#N)C(=O)NC3CCS(=O)(=O)C3)c(Oc3ccccc3F)nc12. The molecule has 0 aliphatic carbocycles. The normalized spacial score (nSPS) is 17.3. The Kier molecular flexibility index (Phi) is 6.17. The number of aromatic nitrogens is 2. The molecular weight excluding hydrogens is 463 g/mol. The molecule has 11 heteroatoms. The zero-order valence-corrected chi connectivity index (χ0v) is 18.8. The number of hydrogen-bond donors (Lipinski definition) is 1. The Morgan fingerprint density at radius 3 is 2.76 bits per heavy atom. The Labute approximate surface area is 194 Å². The number of nitrogens with zero attached hydrogens (tertiary/aromatic N) is 3. The summed E-state index contributed by atoms with van der Waals surface area (Å²) in [6, 6.07) is 9.99. The van der Waals surface area contributed by atoms with Gasteiger partial charge in [-0.3, -0.25) is 14.0 Å². The molecule has 2 aromatic heterocycles. The lowest BCUT2D eigenvalue weighted by Gasteiger charge is -2.13. The molecule has 1 aromatic carbocycles. The number of aryl methyl sites for hydroxylation is 1. The van der Waals surface area contributed by atoms with Crippen LogP contribution in [0.3, 0.4) is 0 Å². The fraction of sp³-hybridized carbons (Fsp3) is 0.217. The first-order valence-corrected chi connectivity index (χ1v) is 12.1. The molecular formula is C23H19FN4O5S. The second kappa shape index (κ2) is 9.07. The quantitative estimate of drug-likeness (QED) is 0.435. The zero-order chi connectivity index (χ0) is 24.5. The second-order valence-corrected chi connectivity index (χ2v) is 10.0. The Hall–Kier alpha value is -4.04. The van der Waals surface area contributed by atoms with E-state index in [-0.39, 0.29) is 40.8 Å². The van der Waals surface area contributed by atoms with Crippen molar-refractivity contribution in [1.29, 1.82) is 5.26 Å². The van der Waals surface area contributed by atoms with Crippen molar-refractivity contribution in [2.45, 2.75) is 19.4 Å². The number of halogens is 1. The van der Waals surface area contributed by atoms with E-state index < -0.39 is 38.7 Å². The van der Waals surface area contributed by atoms with Gasteiger partial charge in [-0.05, 0) is 43.2 Å². The smallest absolute Gasteiger partial charge is 0.269 e. The van der Waals surface area contributed by atoms with Gasteiger partial charge in [0.05, 0.1) is 11.5 Å². The fourth-order valence-electron chi connectivity index (χ4n) is 3.59. The average molecular weight is 482 g/mol. The van der Waals surface area contributed by atoms with Gasteiger partial charge in [0.2, 0.25) is 5.88 Å². The summed E-state index contributed by atoms with van der Waals surface area (Å²) >= 11 is 0. The molecule has 1 unspecified atom stereocenters. The van der Waals surface area contributed by atoms with E-state index in [1.54, 1.807) is 25.1 Å². The van der Waals surface area contributed by atoms with Crippen LogP contribution in [0.4, 0.5) is 4.39 Å². The lowest BCUT2D eigenvalue weighted by Crippen LogP contribution is -2.36. The van der Waals surface area contributed by atoms with Crippen LogP contribution in [0.15, 0.2) is 53.0 Å². The van der Waals surface area contributed by atoms with Crippen LogP contribution < -0.4 is 15.6 Å². The number of carbonyl (C=O) groups is 1. The van der Waals surface area contributed by atoms with E-state index in [1.807, 2.05) is 0 Å². The first-order chi connectivity index (χ1) is 16.2. The Bertz CT molecular complexity index is 1540. The number of ether oxygens (including phenoxy) is 1. The van der Waals surface area contributed by atoms with Gasteiger partial charge in [0.25, 0.3) is 11.5 Å². The summed E-state index contributed by atoms with van der Waals surface area (Å²) in [6.07, 6.45) is 2.71. The number of pyridine rings is 1. The summed E-state index contributed by atoms with van der Waals surface area (Å²) in [4.78, 5) is 30.3.